The van der Waals surface area contributed by atoms with Crippen LogP contribution in [0.4, 0.5) is 10.1 Å². The number of hydrogen-bond donors (Lipinski definition) is 3. The average molecular weight is 408 g/mol. The Morgan fingerprint density at radius 3 is 2.61 bits per heavy atom. The molecule has 0 saturated carbocycles. The molecule has 3 heterocycles. The number of piperidine rings is 1. The van der Waals surface area contributed by atoms with Gasteiger partial charge in [0, 0.05) is 55.5 Å². The highest BCUT2D eigenvalue weighted by Crippen LogP contribution is 2.23. The summed E-state index contributed by atoms with van der Waals surface area (Å²) in [7, 11) is 0. The number of rotatable bonds is 3. The van der Waals surface area contributed by atoms with Gasteiger partial charge in [-0.05, 0) is 37.1 Å². The van der Waals surface area contributed by atoms with Crippen LogP contribution in [0, 0.1) is 11.7 Å². The van der Waals surface area contributed by atoms with Crippen molar-refractivity contribution in [2.24, 2.45) is 5.92 Å². The molecular formula is C19H23ClFN5O2. The van der Waals surface area contributed by atoms with Gasteiger partial charge in [-0.3, -0.25) is 14.7 Å². The summed E-state index contributed by atoms with van der Waals surface area (Å²) in [4.78, 5) is 27.0. The van der Waals surface area contributed by atoms with Crippen LogP contribution < -0.4 is 10.6 Å². The van der Waals surface area contributed by atoms with E-state index in [1.807, 2.05) is 0 Å². The number of carbonyl (C=O) groups excluding carboxylic acids is 2. The Bertz CT molecular complexity index is 847. The first-order valence-corrected chi connectivity index (χ1v) is 9.24. The summed E-state index contributed by atoms with van der Waals surface area (Å²) in [6.45, 7) is 2.59. The van der Waals surface area contributed by atoms with Gasteiger partial charge in [0.05, 0.1) is 0 Å². The zero-order valence-electron chi connectivity index (χ0n) is 15.3. The molecule has 0 aliphatic carbocycles. The summed E-state index contributed by atoms with van der Waals surface area (Å²) in [6.07, 6.45) is 2.05. The molecule has 7 nitrogen and oxygen atoms in total. The Kier molecular flexibility index (Phi) is 6.31. The molecule has 1 aromatic heterocycles. The quantitative estimate of drug-likeness (QED) is 0.726. The fourth-order valence-electron chi connectivity index (χ4n) is 3.67. The van der Waals surface area contributed by atoms with E-state index in [9.17, 15) is 14.0 Å². The fraction of sp³-hybridized carbons (Fsp3) is 0.421. The number of fused-ring (bicyclic) bond motifs is 1. The second-order valence-electron chi connectivity index (χ2n) is 7.02. The van der Waals surface area contributed by atoms with E-state index in [0.29, 0.717) is 43.9 Å². The van der Waals surface area contributed by atoms with Crippen LogP contribution in [-0.2, 0) is 17.8 Å². The van der Waals surface area contributed by atoms with Crippen molar-refractivity contribution in [3.05, 3.63) is 47.0 Å². The highest BCUT2D eigenvalue weighted by Gasteiger charge is 2.31. The molecule has 3 N–H and O–H groups in total. The topological polar surface area (TPSA) is 90.1 Å². The van der Waals surface area contributed by atoms with Crippen LogP contribution in [-0.4, -0.2) is 46.5 Å². The van der Waals surface area contributed by atoms with Gasteiger partial charge in [-0.25, -0.2) is 4.39 Å². The van der Waals surface area contributed by atoms with E-state index < -0.39 is 0 Å². The number of halogens is 2. The normalized spacial score (nSPS) is 16.8. The number of nitrogens with zero attached hydrogens (tertiary/aromatic N) is 2. The number of H-pyrrole nitrogens is 1. The first-order chi connectivity index (χ1) is 13.1. The molecule has 0 atom stereocenters. The zero-order chi connectivity index (χ0) is 18.8. The van der Waals surface area contributed by atoms with E-state index in [2.05, 4.69) is 20.8 Å². The lowest BCUT2D eigenvalue weighted by Gasteiger charge is -2.31. The molecule has 1 saturated heterocycles. The van der Waals surface area contributed by atoms with Gasteiger partial charge in [-0.15, -0.1) is 12.4 Å². The van der Waals surface area contributed by atoms with E-state index in [1.54, 1.807) is 17.0 Å². The highest BCUT2D eigenvalue weighted by molar-refractivity contribution is 5.95. The SMILES string of the molecule is Cl.O=C(Nc1ccc(F)cc1)C1CCN(C(=O)c2n[nH]c3c2CNCC3)CC1. The zero-order valence-corrected chi connectivity index (χ0v) is 16.2. The van der Waals surface area contributed by atoms with Crippen LogP contribution in [0.15, 0.2) is 24.3 Å². The van der Waals surface area contributed by atoms with E-state index in [-0.39, 0.29) is 36.0 Å². The number of carbonyl (C=O) groups is 2. The molecule has 4 rings (SSSR count). The highest BCUT2D eigenvalue weighted by atomic mass is 35.5. The van der Waals surface area contributed by atoms with Crippen molar-refractivity contribution in [1.82, 2.24) is 20.4 Å². The van der Waals surface area contributed by atoms with Crippen molar-refractivity contribution >= 4 is 29.9 Å². The van der Waals surface area contributed by atoms with Crippen LogP contribution in [0.1, 0.15) is 34.6 Å². The second kappa shape index (κ2) is 8.70. The van der Waals surface area contributed by atoms with Crippen LogP contribution in [0.25, 0.3) is 0 Å². The number of amides is 2. The van der Waals surface area contributed by atoms with Crippen molar-refractivity contribution in [3.8, 4) is 0 Å². The molecule has 0 unspecified atom stereocenters. The van der Waals surface area contributed by atoms with Gasteiger partial charge in [-0.2, -0.15) is 5.10 Å². The lowest BCUT2D eigenvalue weighted by Crippen LogP contribution is -2.42. The van der Waals surface area contributed by atoms with Gasteiger partial charge in [0.25, 0.3) is 5.91 Å². The third-order valence-corrected chi connectivity index (χ3v) is 5.27. The number of aromatic amines is 1. The largest absolute Gasteiger partial charge is 0.337 e. The Balaban J connectivity index is 0.00000225. The minimum atomic E-state index is -0.337. The van der Waals surface area contributed by atoms with Crippen LogP contribution in [0.5, 0.6) is 0 Å². The van der Waals surface area contributed by atoms with Gasteiger partial charge < -0.3 is 15.5 Å². The van der Waals surface area contributed by atoms with E-state index in [0.717, 1.165) is 24.2 Å². The summed E-state index contributed by atoms with van der Waals surface area (Å²) >= 11 is 0. The van der Waals surface area contributed by atoms with Crippen molar-refractivity contribution in [2.45, 2.75) is 25.8 Å². The Hall–Kier alpha value is -2.45. The number of aromatic nitrogens is 2. The Morgan fingerprint density at radius 1 is 1.18 bits per heavy atom. The van der Waals surface area contributed by atoms with E-state index in [1.165, 1.54) is 12.1 Å². The third-order valence-electron chi connectivity index (χ3n) is 5.27. The third kappa shape index (κ3) is 4.18. The van der Waals surface area contributed by atoms with Gasteiger partial charge in [0.1, 0.15) is 5.82 Å². The second-order valence-corrected chi connectivity index (χ2v) is 7.02. The van der Waals surface area contributed by atoms with Gasteiger partial charge in [0.15, 0.2) is 5.69 Å². The minimum absolute atomic E-state index is 0. The minimum Gasteiger partial charge on any atom is -0.337 e. The number of hydrogen-bond acceptors (Lipinski definition) is 4. The smallest absolute Gasteiger partial charge is 0.274 e. The lowest BCUT2D eigenvalue weighted by molar-refractivity contribution is -0.121. The van der Waals surface area contributed by atoms with Crippen molar-refractivity contribution < 1.29 is 14.0 Å². The molecule has 2 amide bonds. The maximum atomic E-state index is 13.0. The van der Waals surface area contributed by atoms with Crippen LogP contribution in [0.2, 0.25) is 0 Å². The van der Waals surface area contributed by atoms with Crippen LogP contribution >= 0.6 is 12.4 Å². The molecule has 2 aromatic rings. The molecule has 9 heteroatoms. The Labute approximate surface area is 168 Å². The maximum Gasteiger partial charge on any atom is 0.274 e. The number of benzene rings is 1. The number of nitrogens with one attached hydrogen (secondary N) is 3. The molecule has 0 radical (unpaired) electrons. The van der Waals surface area contributed by atoms with Gasteiger partial charge in [0.2, 0.25) is 5.91 Å². The monoisotopic (exact) mass is 407 g/mol. The van der Waals surface area contributed by atoms with Crippen molar-refractivity contribution in [3.63, 3.8) is 0 Å². The molecule has 1 fully saturated rings. The molecule has 0 bridgehead atoms. The molecule has 28 heavy (non-hydrogen) atoms. The molecule has 2 aliphatic heterocycles. The number of anilines is 1. The summed E-state index contributed by atoms with van der Waals surface area (Å²) in [6, 6.07) is 5.72. The summed E-state index contributed by atoms with van der Waals surface area (Å²) < 4.78 is 13.0. The lowest BCUT2D eigenvalue weighted by atomic mass is 9.95. The summed E-state index contributed by atoms with van der Waals surface area (Å²) in [5.74, 6) is -0.659. The molecular weight excluding hydrogens is 385 g/mol. The van der Waals surface area contributed by atoms with Gasteiger partial charge >= 0.3 is 0 Å². The van der Waals surface area contributed by atoms with E-state index >= 15 is 0 Å². The first-order valence-electron chi connectivity index (χ1n) is 9.24. The molecule has 150 valence electrons. The molecule has 1 aromatic carbocycles. The predicted molar refractivity (Wildman–Crippen MR) is 105 cm³/mol. The first kappa shape index (κ1) is 20.3. The standard InChI is InChI=1S/C19H22FN5O2.ClH/c20-13-1-3-14(4-2-13)22-18(26)12-6-9-25(10-7-12)19(27)17-15-11-21-8-5-16(15)23-24-17;/h1-4,12,21H,5-11H2,(H,22,26)(H,23,24);1H. The van der Waals surface area contributed by atoms with E-state index in [4.69, 9.17) is 0 Å². The van der Waals surface area contributed by atoms with Crippen molar-refractivity contribution in [2.75, 3.05) is 25.0 Å². The Morgan fingerprint density at radius 2 is 1.89 bits per heavy atom. The fourth-order valence-corrected chi connectivity index (χ4v) is 3.67. The molecule has 0 spiro atoms. The summed E-state index contributed by atoms with van der Waals surface area (Å²) in [5.41, 5.74) is 3.06. The average Bonchev–Trinajstić information content (AvgIpc) is 3.13. The summed E-state index contributed by atoms with van der Waals surface area (Å²) in [5, 5.41) is 13.3. The van der Waals surface area contributed by atoms with Crippen molar-refractivity contribution in [1.29, 1.82) is 0 Å². The molecule has 2 aliphatic rings. The van der Waals surface area contributed by atoms with Gasteiger partial charge in [-0.1, -0.05) is 0 Å². The maximum absolute atomic E-state index is 13.0. The van der Waals surface area contributed by atoms with Crippen LogP contribution in [0.3, 0.4) is 0 Å². The predicted octanol–water partition coefficient (Wildman–Crippen LogP) is 2.11. The number of likely N-dealkylation sites (tertiary alicyclic amines) is 1.